The second-order valence-corrected chi connectivity index (χ2v) is 6.73. The van der Waals surface area contributed by atoms with E-state index in [0.717, 1.165) is 5.57 Å². The van der Waals surface area contributed by atoms with E-state index in [-0.39, 0.29) is 41.6 Å². The van der Waals surface area contributed by atoms with Gasteiger partial charge in [0.05, 0.1) is 13.7 Å². The maximum absolute atomic E-state index is 13.2. The van der Waals surface area contributed by atoms with Crippen molar-refractivity contribution in [2.24, 2.45) is 0 Å². The fourth-order valence-corrected chi connectivity index (χ4v) is 3.06. The fraction of sp³-hybridized carbons (Fsp3) is 0.227. The molecule has 0 aliphatic carbocycles. The molecule has 1 aliphatic heterocycles. The van der Waals surface area contributed by atoms with Gasteiger partial charge in [0, 0.05) is 24.1 Å². The Morgan fingerprint density at radius 1 is 1.21 bits per heavy atom. The number of hydrogen-bond acceptors (Lipinski definition) is 7. The number of phenolic OH excluding ortho intramolecular Hbond substituents is 1. The van der Waals surface area contributed by atoms with Crippen LogP contribution in [-0.4, -0.2) is 25.6 Å². The molecule has 29 heavy (non-hydrogen) atoms. The monoisotopic (exact) mass is 396 g/mol. The Labute approximate surface area is 166 Å². The Morgan fingerprint density at radius 2 is 2.00 bits per heavy atom. The minimum absolute atomic E-state index is 0.0121. The van der Waals surface area contributed by atoms with Crippen LogP contribution in [0.5, 0.6) is 28.7 Å². The number of fused-ring (bicyclic) bond motifs is 2. The zero-order valence-electron chi connectivity index (χ0n) is 16.1. The number of methoxy groups -OCH3 is 1. The van der Waals surface area contributed by atoms with Crippen LogP contribution in [-0.2, 0) is 0 Å². The number of phenols is 1. The van der Waals surface area contributed by atoms with Crippen LogP contribution in [0.3, 0.4) is 0 Å². The minimum atomic E-state index is -0.471. The van der Waals surface area contributed by atoms with E-state index in [1.807, 2.05) is 6.92 Å². The highest BCUT2D eigenvalue weighted by Gasteiger charge is 2.23. The number of hydrogen-bond donors (Lipinski definition) is 1. The third kappa shape index (κ3) is 3.47. The fourth-order valence-electron chi connectivity index (χ4n) is 3.06. The molecule has 0 bridgehead atoms. The molecule has 0 atom stereocenters. The molecule has 0 radical (unpaired) electrons. The summed E-state index contributed by atoms with van der Waals surface area (Å²) in [5.41, 5.74) is 1.22. The lowest BCUT2D eigenvalue weighted by molar-refractivity contribution is 0.174. The minimum Gasteiger partial charge on any atom is -0.507 e. The second kappa shape index (κ2) is 7.43. The van der Waals surface area contributed by atoms with Gasteiger partial charge in [-0.05, 0) is 25.1 Å². The van der Waals surface area contributed by atoms with Gasteiger partial charge in [-0.3, -0.25) is 4.79 Å². The van der Waals surface area contributed by atoms with Crippen molar-refractivity contribution in [3.8, 4) is 40.1 Å². The number of rotatable bonds is 6. The highest BCUT2D eigenvalue weighted by Crippen LogP contribution is 2.40. The summed E-state index contributed by atoms with van der Waals surface area (Å²) in [7, 11) is 1.46. The lowest BCUT2D eigenvalue weighted by Crippen LogP contribution is -2.11. The molecule has 4 rings (SSSR count). The summed E-state index contributed by atoms with van der Waals surface area (Å²) in [6, 6.07) is 8.12. The molecule has 7 nitrogen and oxygen atoms in total. The number of benzene rings is 2. The normalized spacial score (nSPS) is 12.2. The van der Waals surface area contributed by atoms with Gasteiger partial charge in [-0.25, -0.2) is 0 Å². The standard InChI is InChI=1S/C22H20O7/c1-12(2)6-7-26-22-20(24)19-15(23)9-14(25-3)10-18(19)29-21(22)13-4-5-16-17(8-13)28-11-27-16/h4-5,8-10,23H,1,6-7,11H2,2-3H3. The second-order valence-electron chi connectivity index (χ2n) is 6.73. The van der Waals surface area contributed by atoms with E-state index in [0.29, 0.717) is 29.2 Å². The maximum atomic E-state index is 13.2. The van der Waals surface area contributed by atoms with Crippen molar-refractivity contribution in [2.75, 3.05) is 20.5 Å². The Hall–Kier alpha value is -3.61. The third-order valence-corrected chi connectivity index (χ3v) is 4.55. The van der Waals surface area contributed by atoms with E-state index in [1.54, 1.807) is 24.3 Å². The Balaban J connectivity index is 1.92. The van der Waals surface area contributed by atoms with Crippen LogP contribution in [0.25, 0.3) is 22.3 Å². The molecule has 0 unspecified atom stereocenters. The third-order valence-electron chi connectivity index (χ3n) is 4.55. The van der Waals surface area contributed by atoms with Crippen molar-refractivity contribution in [1.29, 1.82) is 0 Å². The van der Waals surface area contributed by atoms with E-state index >= 15 is 0 Å². The molecule has 150 valence electrons. The molecule has 1 aromatic heterocycles. The van der Waals surface area contributed by atoms with Gasteiger partial charge in [0.15, 0.2) is 17.3 Å². The lowest BCUT2D eigenvalue weighted by atomic mass is 10.1. The zero-order valence-corrected chi connectivity index (χ0v) is 16.1. The Kier molecular flexibility index (Phi) is 4.80. The lowest BCUT2D eigenvalue weighted by Gasteiger charge is -2.13. The molecule has 0 amide bonds. The Bertz CT molecular complexity index is 1160. The van der Waals surface area contributed by atoms with Gasteiger partial charge >= 0.3 is 0 Å². The van der Waals surface area contributed by atoms with Crippen molar-refractivity contribution >= 4 is 11.0 Å². The summed E-state index contributed by atoms with van der Waals surface area (Å²) in [5.74, 6) is 1.53. The van der Waals surface area contributed by atoms with Crippen LogP contribution in [0, 0.1) is 0 Å². The van der Waals surface area contributed by atoms with Crippen LogP contribution in [0.4, 0.5) is 0 Å². The van der Waals surface area contributed by atoms with Crippen molar-refractivity contribution in [3.63, 3.8) is 0 Å². The molecular formula is C22H20O7. The van der Waals surface area contributed by atoms with Crippen molar-refractivity contribution < 1.29 is 28.5 Å². The van der Waals surface area contributed by atoms with Crippen molar-refractivity contribution in [2.45, 2.75) is 13.3 Å². The van der Waals surface area contributed by atoms with Crippen molar-refractivity contribution in [1.82, 2.24) is 0 Å². The van der Waals surface area contributed by atoms with Crippen LogP contribution in [0.1, 0.15) is 13.3 Å². The van der Waals surface area contributed by atoms with E-state index in [2.05, 4.69) is 6.58 Å². The largest absolute Gasteiger partial charge is 0.507 e. The van der Waals surface area contributed by atoms with E-state index < -0.39 is 5.43 Å². The van der Waals surface area contributed by atoms with E-state index in [1.165, 1.54) is 13.2 Å². The van der Waals surface area contributed by atoms with Crippen LogP contribution < -0.4 is 24.4 Å². The first-order valence-corrected chi connectivity index (χ1v) is 9.03. The van der Waals surface area contributed by atoms with Gasteiger partial charge < -0.3 is 28.5 Å². The van der Waals surface area contributed by atoms with Gasteiger partial charge in [-0.1, -0.05) is 5.57 Å². The molecule has 0 saturated carbocycles. The van der Waals surface area contributed by atoms with E-state index in [9.17, 15) is 9.90 Å². The average molecular weight is 396 g/mol. The van der Waals surface area contributed by atoms with Crippen LogP contribution >= 0.6 is 0 Å². The molecule has 1 N–H and O–H groups in total. The topological polar surface area (TPSA) is 87.4 Å². The van der Waals surface area contributed by atoms with Gasteiger partial charge in [-0.15, -0.1) is 6.58 Å². The highest BCUT2D eigenvalue weighted by molar-refractivity contribution is 5.88. The predicted octanol–water partition coefficient (Wildman–Crippen LogP) is 4.25. The first-order valence-electron chi connectivity index (χ1n) is 9.03. The van der Waals surface area contributed by atoms with Gasteiger partial charge in [0.2, 0.25) is 18.0 Å². The summed E-state index contributed by atoms with van der Waals surface area (Å²) in [5, 5.41) is 10.4. The molecule has 2 aromatic carbocycles. The average Bonchev–Trinajstić information content (AvgIpc) is 3.16. The molecule has 3 aromatic rings. The quantitative estimate of drug-likeness (QED) is 0.623. The van der Waals surface area contributed by atoms with Crippen LogP contribution in [0.15, 0.2) is 51.7 Å². The number of aromatic hydroxyl groups is 1. The summed E-state index contributed by atoms with van der Waals surface area (Å²) in [6.45, 7) is 6.11. The smallest absolute Gasteiger partial charge is 0.239 e. The maximum Gasteiger partial charge on any atom is 0.239 e. The predicted molar refractivity (Wildman–Crippen MR) is 107 cm³/mol. The molecule has 0 fully saturated rings. The molecule has 0 saturated heterocycles. The van der Waals surface area contributed by atoms with Gasteiger partial charge in [0.1, 0.15) is 22.5 Å². The zero-order chi connectivity index (χ0) is 20.5. The number of ether oxygens (including phenoxy) is 4. The summed E-state index contributed by atoms with van der Waals surface area (Å²) in [4.78, 5) is 13.2. The first-order chi connectivity index (χ1) is 14.0. The van der Waals surface area contributed by atoms with Gasteiger partial charge in [-0.2, -0.15) is 0 Å². The molecule has 0 spiro atoms. The molecule has 1 aliphatic rings. The highest BCUT2D eigenvalue weighted by atomic mass is 16.7. The van der Waals surface area contributed by atoms with Crippen LogP contribution in [0.2, 0.25) is 0 Å². The first kappa shape index (κ1) is 18.7. The van der Waals surface area contributed by atoms with Crippen molar-refractivity contribution in [3.05, 3.63) is 52.7 Å². The summed E-state index contributed by atoms with van der Waals surface area (Å²) >= 11 is 0. The summed E-state index contributed by atoms with van der Waals surface area (Å²) in [6.07, 6.45) is 0.576. The van der Waals surface area contributed by atoms with E-state index in [4.69, 9.17) is 23.4 Å². The molecular weight excluding hydrogens is 376 g/mol. The molecule has 7 heteroatoms. The summed E-state index contributed by atoms with van der Waals surface area (Å²) < 4.78 is 27.8. The van der Waals surface area contributed by atoms with Gasteiger partial charge in [0.25, 0.3) is 0 Å². The molecule has 2 heterocycles. The SMILES string of the molecule is C=C(C)CCOc1c(-c2ccc3c(c2)OCO3)oc2cc(OC)cc(O)c2c1=O. The Morgan fingerprint density at radius 3 is 2.76 bits per heavy atom.